The van der Waals surface area contributed by atoms with E-state index in [4.69, 9.17) is 12.2 Å². The summed E-state index contributed by atoms with van der Waals surface area (Å²) < 4.78 is 0. The summed E-state index contributed by atoms with van der Waals surface area (Å²) in [6, 6.07) is 4.24. The highest BCUT2D eigenvalue weighted by Crippen LogP contribution is 2.21. The van der Waals surface area contributed by atoms with Gasteiger partial charge in [-0.1, -0.05) is 17.7 Å². The van der Waals surface area contributed by atoms with E-state index in [0.717, 1.165) is 5.69 Å². The third kappa shape index (κ3) is 3.96. The van der Waals surface area contributed by atoms with Gasteiger partial charge in [-0.05, 0) is 58.0 Å². The number of benzene rings is 1. The lowest BCUT2D eigenvalue weighted by molar-refractivity contribution is 0.207. The Hall–Kier alpha value is -1.13. The molecule has 0 atom stereocenters. The lowest BCUT2D eigenvalue weighted by Crippen LogP contribution is -2.48. The van der Waals surface area contributed by atoms with E-state index in [2.05, 4.69) is 43.5 Å². The number of hydrogen-bond donors (Lipinski definition) is 3. The molecule has 0 radical (unpaired) electrons. The Kier molecular flexibility index (Phi) is 4.71. The number of aliphatic hydroxyl groups excluding tert-OH is 1. The van der Waals surface area contributed by atoms with E-state index in [-0.39, 0.29) is 6.61 Å². The van der Waals surface area contributed by atoms with Crippen LogP contribution in [0.25, 0.3) is 0 Å². The Morgan fingerprint density at radius 3 is 2.17 bits per heavy atom. The Labute approximate surface area is 115 Å². The molecule has 1 aromatic rings. The molecule has 0 aliphatic carbocycles. The highest BCUT2D eigenvalue weighted by atomic mass is 32.1. The lowest BCUT2D eigenvalue weighted by Gasteiger charge is -2.26. The van der Waals surface area contributed by atoms with Crippen LogP contribution in [0.5, 0.6) is 0 Å². The third-order valence-corrected chi connectivity index (χ3v) is 2.97. The Balaban J connectivity index is 2.83. The molecule has 0 bridgehead atoms. The normalized spacial score (nSPS) is 11.2. The Bertz CT molecular complexity index is 432. The first-order valence-corrected chi connectivity index (χ1v) is 6.44. The number of hydrogen-bond acceptors (Lipinski definition) is 2. The minimum absolute atomic E-state index is 0.0285. The molecule has 0 saturated heterocycles. The highest BCUT2D eigenvalue weighted by molar-refractivity contribution is 7.80. The summed E-state index contributed by atoms with van der Waals surface area (Å²) in [7, 11) is 0. The third-order valence-electron chi connectivity index (χ3n) is 2.76. The topological polar surface area (TPSA) is 44.3 Å². The van der Waals surface area contributed by atoms with Crippen molar-refractivity contribution in [1.82, 2.24) is 5.32 Å². The van der Waals surface area contributed by atoms with Crippen LogP contribution in [0, 0.1) is 20.8 Å². The second-order valence-corrected chi connectivity index (χ2v) is 5.80. The monoisotopic (exact) mass is 266 g/mol. The van der Waals surface area contributed by atoms with Crippen LogP contribution in [0.1, 0.15) is 30.5 Å². The lowest BCUT2D eigenvalue weighted by atomic mass is 10.1. The predicted octanol–water partition coefficient (Wildman–Crippen LogP) is 2.67. The van der Waals surface area contributed by atoms with Crippen LogP contribution in [-0.4, -0.2) is 22.4 Å². The fourth-order valence-electron chi connectivity index (χ4n) is 1.87. The molecule has 0 aliphatic heterocycles. The number of thiocarbonyl (C=S) groups is 1. The van der Waals surface area contributed by atoms with Crippen LogP contribution < -0.4 is 10.6 Å². The molecule has 0 spiro atoms. The van der Waals surface area contributed by atoms with Gasteiger partial charge in [-0.15, -0.1) is 0 Å². The molecule has 0 saturated carbocycles. The average molecular weight is 266 g/mol. The van der Waals surface area contributed by atoms with Gasteiger partial charge in [-0.2, -0.15) is 0 Å². The summed E-state index contributed by atoms with van der Waals surface area (Å²) in [6.07, 6.45) is 0. The van der Waals surface area contributed by atoms with Crippen molar-refractivity contribution >= 4 is 23.0 Å². The van der Waals surface area contributed by atoms with E-state index in [1.165, 1.54) is 16.7 Å². The van der Waals surface area contributed by atoms with E-state index >= 15 is 0 Å². The standard InChI is InChI=1S/C14H22N2OS/c1-9-6-10(2)12(11(3)7-9)15-13(18)16-14(4,5)8-17/h6-7,17H,8H2,1-5H3,(H2,15,16,18). The van der Waals surface area contributed by atoms with Crippen molar-refractivity contribution in [2.45, 2.75) is 40.2 Å². The molecule has 0 fully saturated rings. The van der Waals surface area contributed by atoms with Crippen LogP contribution in [-0.2, 0) is 0 Å². The first kappa shape index (κ1) is 14.9. The molecule has 100 valence electrons. The fourth-order valence-corrected chi connectivity index (χ4v) is 2.25. The van der Waals surface area contributed by atoms with Gasteiger partial charge in [0.15, 0.2) is 5.11 Å². The summed E-state index contributed by atoms with van der Waals surface area (Å²) in [5.41, 5.74) is 4.19. The average Bonchev–Trinajstić information content (AvgIpc) is 2.22. The van der Waals surface area contributed by atoms with E-state index in [0.29, 0.717) is 5.11 Å². The maximum absolute atomic E-state index is 9.20. The maximum atomic E-state index is 9.20. The minimum atomic E-state index is -0.420. The number of aryl methyl sites for hydroxylation is 3. The first-order valence-electron chi connectivity index (χ1n) is 6.03. The van der Waals surface area contributed by atoms with Gasteiger partial charge in [0.2, 0.25) is 0 Å². The molecule has 0 aromatic heterocycles. The molecule has 1 rings (SSSR count). The molecular weight excluding hydrogens is 244 g/mol. The van der Waals surface area contributed by atoms with Crippen molar-refractivity contribution < 1.29 is 5.11 Å². The molecule has 0 heterocycles. The van der Waals surface area contributed by atoms with E-state index in [1.807, 2.05) is 13.8 Å². The minimum Gasteiger partial charge on any atom is -0.394 e. The van der Waals surface area contributed by atoms with Crippen LogP contribution in [0.15, 0.2) is 12.1 Å². The number of rotatable bonds is 3. The van der Waals surface area contributed by atoms with Gasteiger partial charge in [0, 0.05) is 5.69 Å². The number of nitrogens with one attached hydrogen (secondary N) is 2. The maximum Gasteiger partial charge on any atom is 0.171 e. The van der Waals surface area contributed by atoms with Crippen molar-refractivity contribution in [1.29, 1.82) is 0 Å². The largest absolute Gasteiger partial charge is 0.394 e. The molecule has 3 nitrogen and oxygen atoms in total. The summed E-state index contributed by atoms with van der Waals surface area (Å²) in [4.78, 5) is 0. The summed E-state index contributed by atoms with van der Waals surface area (Å²) in [5, 5.41) is 16.0. The number of anilines is 1. The Morgan fingerprint density at radius 1 is 1.22 bits per heavy atom. The molecule has 1 aromatic carbocycles. The second kappa shape index (κ2) is 5.67. The zero-order valence-electron chi connectivity index (χ0n) is 11.7. The highest BCUT2D eigenvalue weighted by Gasteiger charge is 2.17. The molecule has 0 aliphatic rings. The van der Waals surface area contributed by atoms with Crippen LogP contribution >= 0.6 is 12.2 Å². The van der Waals surface area contributed by atoms with Gasteiger partial charge >= 0.3 is 0 Å². The van der Waals surface area contributed by atoms with Gasteiger partial charge < -0.3 is 15.7 Å². The SMILES string of the molecule is Cc1cc(C)c(NC(=S)NC(C)(C)CO)c(C)c1. The van der Waals surface area contributed by atoms with E-state index < -0.39 is 5.54 Å². The number of aliphatic hydroxyl groups is 1. The summed E-state index contributed by atoms with van der Waals surface area (Å²) >= 11 is 5.27. The molecular formula is C14H22N2OS. The van der Waals surface area contributed by atoms with Gasteiger partial charge in [-0.25, -0.2) is 0 Å². The van der Waals surface area contributed by atoms with Gasteiger partial charge in [0.1, 0.15) is 0 Å². The van der Waals surface area contributed by atoms with Crippen molar-refractivity contribution in [3.63, 3.8) is 0 Å². The van der Waals surface area contributed by atoms with Gasteiger partial charge in [0.05, 0.1) is 12.1 Å². The second-order valence-electron chi connectivity index (χ2n) is 5.39. The molecule has 0 amide bonds. The molecule has 0 unspecified atom stereocenters. The van der Waals surface area contributed by atoms with Crippen molar-refractivity contribution in [2.75, 3.05) is 11.9 Å². The van der Waals surface area contributed by atoms with E-state index in [1.54, 1.807) is 0 Å². The Morgan fingerprint density at radius 2 is 1.72 bits per heavy atom. The molecule has 4 heteroatoms. The zero-order valence-corrected chi connectivity index (χ0v) is 12.5. The quantitative estimate of drug-likeness (QED) is 0.736. The van der Waals surface area contributed by atoms with Crippen molar-refractivity contribution in [2.24, 2.45) is 0 Å². The van der Waals surface area contributed by atoms with E-state index in [9.17, 15) is 5.11 Å². The van der Waals surface area contributed by atoms with Crippen LogP contribution in [0.4, 0.5) is 5.69 Å². The smallest absolute Gasteiger partial charge is 0.171 e. The van der Waals surface area contributed by atoms with Crippen LogP contribution in [0.3, 0.4) is 0 Å². The van der Waals surface area contributed by atoms with Crippen LogP contribution in [0.2, 0.25) is 0 Å². The first-order chi connectivity index (χ1) is 8.25. The molecule has 3 N–H and O–H groups in total. The van der Waals surface area contributed by atoms with Crippen molar-refractivity contribution in [3.8, 4) is 0 Å². The van der Waals surface area contributed by atoms with Gasteiger partial charge in [-0.3, -0.25) is 0 Å². The summed E-state index contributed by atoms with van der Waals surface area (Å²) in [5.74, 6) is 0. The molecule has 18 heavy (non-hydrogen) atoms. The predicted molar refractivity (Wildman–Crippen MR) is 81.2 cm³/mol. The summed E-state index contributed by atoms with van der Waals surface area (Å²) in [6.45, 7) is 10.0. The van der Waals surface area contributed by atoms with Gasteiger partial charge in [0.25, 0.3) is 0 Å². The van der Waals surface area contributed by atoms with Crippen molar-refractivity contribution in [3.05, 3.63) is 28.8 Å². The fraction of sp³-hybridized carbons (Fsp3) is 0.500. The zero-order chi connectivity index (χ0) is 13.9.